The van der Waals surface area contributed by atoms with Crippen LogP contribution in [0.4, 0.5) is 0 Å². The summed E-state index contributed by atoms with van der Waals surface area (Å²) >= 11 is 0. The standard InChI is InChI=1S/C10H19NO.C8H16O2/c1-4-9(3)10(12)11-6-5-8(2)7-11;1-5-6-7(9)10-8(2,3)4/h8-9H,4-7H2,1-3H3;5-6H2,1-4H3. The van der Waals surface area contributed by atoms with E-state index in [1.807, 2.05) is 39.5 Å². The zero-order chi connectivity index (χ0) is 17.3. The molecule has 2 atom stereocenters. The van der Waals surface area contributed by atoms with Crippen LogP contribution >= 0.6 is 0 Å². The second-order valence-electron chi connectivity index (χ2n) is 7.32. The molecule has 0 radical (unpaired) electrons. The van der Waals surface area contributed by atoms with E-state index < -0.39 is 0 Å². The molecule has 1 rings (SSSR count). The van der Waals surface area contributed by atoms with Crippen LogP contribution in [0.2, 0.25) is 0 Å². The van der Waals surface area contributed by atoms with Gasteiger partial charge < -0.3 is 9.64 Å². The lowest BCUT2D eigenvalue weighted by Gasteiger charge is -2.19. The Labute approximate surface area is 136 Å². The largest absolute Gasteiger partial charge is 0.460 e. The Morgan fingerprint density at radius 3 is 2.23 bits per heavy atom. The third-order valence-electron chi connectivity index (χ3n) is 3.64. The first-order valence-electron chi connectivity index (χ1n) is 8.61. The highest BCUT2D eigenvalue weighted by Gasteiger charge is 2.25. The maximum Gasteiger partial charge on any atom is 0.306 e. The van der Waals surface area contributed by atoms with Crippen molar-refractivity contribution in [3.8, 4) is 0 Å². The maximum atomic E-state index is 11.6. The average molecular weight is 313 g/mol. The minimum absolute atomic E-state index is 0.102. The molecule has 1 saturated heterocycles. The van der Waals surface area contributed by atoms with E-state index in [2.05, 4.69) is 13.8 Å². The average Bonchev–Trinajstić information content (AvgIpc) is 2.82. The number of amides is 1. The molecule has 4 heteroatoms. The number of hydrogen-bond acceptors (Lipinski definition) is 3. The molecule has 4 nitrogen and oxygen atoms in total. The van der Waals surface area contributed by atoms with Gasteiger partial charge in [0.25, 0.3) is 0 Å². The molecule has 22 heavy (non-hydrogen) atoms. The number of hydrogen-bond donors (Lipinski definition) is 0. The van der Waals surface area contributed by atoms with Crippen LogP contribution in [0.1, 0.15) is 74.1 Å². The third kappa shape index (κ3) is 9.06. The quantitative estimate of drug-likeness (QED) is 0.736. The summed E-state index contributed by atoms with van der Waals surface area (Å²) in [6.07, 6.45) is 3.53. The Balaban J connectivity index is 0.000000409. The van der Waals surface area contributed by atoms with Crippen LogP contribution in [0.5, 0.6) is 0 Å². The van der Waals surface area contributed by atoms with Crippen LogP contribution in [0, 0.1) is 11.8 Å². The molecular weight excluding hydrogens is 278 g/mol. The molecule has 0 aromatic rings. The molecule has 1 heterocycles. The van der Waals surface area contributed by atoms with E-state index in [1.165, 1.54) is 6.42 Å². The number of ether oxygens (including phenoxy) is 1. The van der Waals surface area contributed by atoms with E-state index >= 15 is 0 Å². The molecule has 0 saturated carbocycles. The third-order valence-corrected chi connectivity index (χ3v) is 3.64. The number of likely N-dealkylation sites (tertiary alicyclic amines) is 1. The van der Waals surface area contributed by atoms with Crippen LogP contribution in [0.15, 0.2) is 0 Å². The zero-order valence-electron chi connectivity index (χ0n) is 15.6. The smallest absolute Gasteiger partial charge is 0.306 e. The summed E-state index contributed by atoms with van der Waals surface area (Å²) in [5, 5.41) is 0. The first-order valence-corrected chi connectivity index (χ1v) is 8.61. The van der Waals surface area contributed by atoms with Crippen molar-refractivity contribution in [2.24, 2.45) is 11.8 Å². The molecular formula is C18H35NO3. The van der Waals surface area contributed by atoms with Gasteiger partial charge in [0.2, 0.25) is 5.91 Å². The van der Waals surface area contributed by atoms with Crippen LogP contribution in [0.25, 0.3) is 0 Å². The molecule has 1 fully saturated rings. The van der Waals surface area contributed by atoms with Crippen molar-refractivity contribution in [3.63, 3.8) is 0 Å². The van der Waals surface area contributed by atoms with Gasteiger partial charge in [-0.05, 0) is 46.0 Å². The van der Waals surface area contributed by atoms with Crippen molar-refractivity contribution < 1.29 is 14.3 Å². The van der Waals surface area contributed by atoms with Gasteiger partial charge in [0.15, 0.2) is 0 Å². The van der Waals surface area contributed by atoms with E-state index in [0.29, 0.717) is 18.2 Å². The molecule has 0 aliphatic carbocycles. The zero-order valence-corrected chi connectivity index (χ0v) is 15.6. The van der Waals surface area contributed by atoms with Crippen LogP contribution < -0.4 is 0 Å². The van der Waals surface area contributed by atoms with Crippen LogP contribution in [-0.2, 0) is 14.3 Å². The summed E-state index contributed by atoms with van der Waals surface area (Å²) in [5.41, 5.74) is -0.327. The van der Waals surface area contributed by atoms with Gasteiger partial charge in [0.1, 0.15) is 5.60 Å². The van der Waals surface area contributed by atoms with Crippen molar-refractivity contribution in [2.75, 3.05) is 13.1 Å². The van der Waals surface area contributed by atoms with E-state index in [4.69, 9.17) is 4.74 Å². The number of rotatable bonds is 4. The number of carbonyl (C=O) groups is 2. The predicted molar refractivity (Wildman–Crippen MR) is 90.6 cm³/mol. The van der Waals surface area contributed by atoms with Gasteiger partial charge in [-0.2, -0.15) is 0 Å². The predicted octanol–water partition coefficient (Wildman–Crippen LogP) is 4.03. The Hall–Kier alpha value is -1.06. The SMILES string of the molecule is CCC(C)C(=O)N1CCC(C)C1.CCCC(=O)OC(C)(C)C. The fraction of sp³-hybridized carbons (Fsp3) is 0.889. The highest BCUT2D eigenvalue weighted by molar-refractivity contribution is 5.78. The topological polar surface area (TPSA) is 46.6 Å². The normalized spacial score (nSPS) is 19.2. The summed E-state index contributed by atoms with van der Waals surface area (Å²) in [7, 11) is 0. The molecule has 0 aromatic carbocycles. The van der Waals surface area contributed by atoms with Crippen molar-refractivity contribution in [1.82, 2.24) is 4.90 Å². The summed E-state index contributed by atoms with van der Waals surface area (Å²) in [6.45, 7) is 15.8. The minimum atomic E-state index is -0.327. The monoisotopic (exact) mass is 313 g/mol. The van der Waals surface area contributed by atoms with Crippen molar-refractivity contribution in [3.05, 3.63) is 0 Å². The van der Waals surface area contributed by atoms with Gasteiger partial charge >= 0.3 is 5.97 Å². The molecule has 2 unspecified atom stereocenters. The van der Waals surface area contributed by atoms with Gasteiger partial charge in [-0.3, -0.25) is 9.59 Å². The molecule has 0 aromatic heterocycles. The minimum Gasteiger partial charge on any atom is -0.460 e. The molecule has 0 N–H and O–H groups in total. The molecule has 130 valence electrons. The van der Waals surface area contributed by atoms with Crippen molar-refractivity contribution in [2.45, 2.75) is 79.8 Å². The summed E-state index contributed by atoms with van der Waals surface area (Å²) < 4.78 is 5.04. The lowest BCUT2D eigenvalue weighted by molar-refractivity contribution is -0.154. The fourth-order valence-corrected chi connectivity index (χ4v) is 2.22. The molecule has 0 spiro atoms. The molecule has 1 amide bonds. The Kier molecular flexibility index (Phi) is 9.38. The Bertz CT molecular complexity index is 347. The first-order chi connectivity index (χ1) is 10.1. The maximum absolute atomic E-state index is 11.6. The Morgan fingerprint density at radius 1 is 1.27 bits per heavy atom. The van der Waals surface area contributed by atoms with Gasteiger partial charge in [0.05, 0.1) is 0 Å². The highest BCUT2D eigenvalue weighted by atomic mass is 16.6. The summed E-state index contributed by atoms with van der Waals surface area (Å²) in [4.78, 5) is 24.5. The van der Waals surface area contributed by atoms with E-state index in [0.717, 1.165) is 25.9 Å². The first kappa shape index (κ1) is 20.9. The number of esters is 1. The highest BCUT2D eigenvalue weighted by Crippen LogP contribution is 2.18. The van der Waals surface area contributed by atoms with Crippen LogP contribution in [-0.4, -0.2) is 35.5 Å². The summed E-state index contributed by atoms with van der Waals surface area (Å²) in [6, 6.07) is 0. The van der Waals surface area contributed by atoms with Gasteiger partial charge in [-0.25, -0.2) is 0 Å². The second-order valence-corrected chi connectivity index (χ2v) is 7.32. The van der Waals surface area contributed by atoms with Crippen molar-refractivity contribution >= 4 is 11.9 Å². The van der Waals surface area contributed by atoms with E-state index in [1.54, 1.807) is 0 Å². The molecule has 1 aliphatic rings. The fourth-order valence-electron chi connectivity index (χ4n) is 2.22. The number of carbonyl (C=O) groups excluding carboxylic acids is 2. The van der Waals surface area contributed by atoms with E-state index in [-0.39, 0.29) is 17.5 Å². The van der Waals surface area contributed by atoms with Gasteiger partial charge in [-0.15, -0.1) is 0 Å². The lowest BCUT2D eigenvalue weighted by Crippen LogP contribution is -2.32. The number of nitrogens with zero attached hydrogens (tertiary/aromatic N) is 1. The summed E-state index contributed by atoms with van der Waals surface area (Å²) in [5.74, 6) is 1.17. The van der Waals surface area contributed by atoms with Gasteiger partial charge in [-0.1, -0.05) is 27.7 Å². The van der Waals surface area contributed by atoms with Gasteiger partial charge in [0, 0.05) is 25.4 Å². The molecule has 1 aliphatic heterocycles. The van der Waals surface area contributed by atoms with Crippen molar-refractivity contribution in [1.29, 1.82) is 0 Å². The van der Waals surface area contributed by atoms with E-state index in [9.17, 15) is 9.59 Å². The van der Waals surface area contributed by atoms with Crippen LogP contribution in [0.3, 0.4) is 0 Å². The Morgan fingerprint density at radius 2 is 1.86 bits per heavy atom. The second kappa shape index (κ2) is 9.86. The molecule has 0 bridgehead atoms. The lowest BCUT2D eigenvalue weighted by atomic mass is 10.1.